The number of aliphatic hydroxyl groups is 1. The van der Waals surface area contributed by atoms with Crippen LogP contribution in [-0.4, -0.2) is 39.9 Å². The second-order valence-corrected chi connectivity index (χ2v) is 8.66. The van der Waals surface area contributed by atoms with Crippen LogP contribution in [0.15, 0.2) is 66.5 Å². The van der Waals surface area contributed by atoms with Crippen molar-refractivity contribution in [3.63, 3.8) is 0 Å². The fraction of sp³-hybridized carbons (Fsp3) is 0.160. The number of benzene rings is 2. The molecule has 1 amide bonds. The monoisotopic (exact) mass is 496 g/mol. The molecule has 1 atom stereocenters. The second kappa shape index (κ2) is 9.00. The predicted octanol–water partition coefficient (Wildman–Crippen LogP) is 4.78. The molecule has 0 aliphatic carbocycles. The van der Waals surface area contributed by atoms with Crippen molar-refractivity contribution >= 4 is 40.7 Å². The molecule has 172 valence electrons. The van der Waals surface area contributed by atoms with Crippen molar-refractivity contribution in [2.45, 2.75) is 12.6 Å². The third kappa shape index (κ3) is 3.97. The summed E-state index contributed by atoms with van der Waals surface area (Å²) in [7, 11) is 0. The molecule has 0 spiro atoms. The number of carbonyl (C=O) groups excluding carboxylic acids is 2. The summed E-state index contributed by atoms with van der Waals surface area (Å²) in [6.45, 7) is 0.889. The van der Waals surface area contributed by atoms with Gasteiger partial charge in [0.15, 0.2) is 11.5 Å². The molecule has 0 radical (unpaired) electrons. The standard InChI is InChI=1S/C25H18Cl2N2O5/c26-16-4-5-17(18(27)11-16)22-21(23(30)15-3-6-19-20(10-15)34-9-8-33-19)24(31)25(32)29(22)13-14-2-1-7-28-12-14/h1-7,10-12,22,30H,8-9,13H2. The smallest absolute Gasteiger partial charge is 0.295 e. The summed E-state index contributed by atoms with van der Waals surface area (Å²) >= 11 is 12.6. The van der Waals surface area contributed by atoms with E-state index >= 15 is 0 Å². The number of aromatic nitrogens is 1. The molecular weight excluding hydrogens is 479 g/mol. The van der Waals surface area contributed by atoms with E-state index in [1.165, 1.54) is 11.0 Å². The number of halogens is 2. The minimum atomic E-state index is -0.932. The maximum absolute atomic E-state index is 13.2. The van der Waals surface area contributed by atoms with Gasteiger partial charge in [-0.2, -0.15) is 0 Å². The molecule has 5 rings (SSSR count). The average Bonchev–Trinajstić information content (AvgIpc) is 3.09. The average molecular weight is 497 g/mol. The highest BCUT2D eigenvalue weighted by Gasteiger charge is 2.46. The van der Waals surface area contributed by atoms with Crippen LogP contribution < -0.4 is 9.47 Å². The quantitative estimate of drug-likeness (QED) is 0.317. The molecule has 2 aliphatic rings. The summed E-state index contributed by atoms with van der Waals surface area (Å²) in [6, 6.07) is 12.3. The van der Waals surface area contributed by atoms with Crippen molar-refractivity contribution in [3.05, 3.63) is 93.2 Å². The molecule has 9 heteroatoms. The Balaban J connectivity index is 1.66. The van der Waals surface area contributed by atoms with Crippen LogP contribution in [0.25, 0.3) is 5.76 Å². The van der Waals surface area contributed by atoms with Crippen LogP contribution in [0, 0.1) is 0 Å². The summed E-state index contributed by atoms with van der Waals surface area (Å²) < 4.78 is 11.1. The molecule has 7 nitrogen and oxygen atoms in total. The van der Waals surface area contributed by atoms with Gasteiger partial charge in [-0.1, -0.05) is 35.3 Å². The third-order valence-corrected chi connectivity index (χ3v) is 6.25. The number of rotatable bonds is 4. The molecular formula is C25H18Cl2N2O5. The molecule has 1 aromatic heterocycles. The maximum atomic E-state index is 13.2. The number of hydrogen-bond donors (Lipinski definition) is 1. The number of Topliss-reactive ketones (excluding diaryl/α,β-unsaturated/α-hetero) is 1. The third-order valence-electron chi connectivity index (χ3n) is 5.69. The summed E-state index contributed by atoms with van der Waals surface area (Å²) in [5, 5.41) is 11.9. The minimum absolute atomic E-state index is 0.0743. The van der Waals surface area contributed by atoms with Gasteiger partial charge in [0.05, 0.1) is 11.6 Å². The molecule has 34 heavy (non-hydrogen) atoms. The zero-order valence-corrected chi connectivity index (χ0v) is 19.2. The first-order valence-electron chi connectivity index (χ1n) is 10.5. The predicted molar refractivity (Wildman–Crippen MR) is 126 cm³/mol. The molecule has 0 saturated carbocycles. The van der Waals surface area contributed by atoms with Crippen molar-refractivity contribution < 1.29 is 24.2 Å². The second-order valence-electron chi connectivity index (χ2n) is 7.81. The van der Waals surface area contributed by atoms with Crippen molar-refractivity contribution in [1.82, 2.24) is 9.88 Å². The summed E-state index contributed by atoms with van der Waals surface area (Å²) in [4.78, 5) is 31.8. The van der Waals surface area contributed by atoms with E-state index in [2.05, 4.69) is 4.98 Å². The van der Waals surface area contributed by atoms with Crippen LogP contribution in [0.2, 0.25) is 10.0 Å². The first-order valence-corrected chi connectivity index (χ1v) is 11.2. The number of aliphatic hydroxyl groups excluding tert-OH is 1. The van der Waals surface area contributed by atoms with Gasteiger partial charge < -0.3 is 19.5 Å². The van der Waals surface area contributed by atoms with Crippen LogP contribution in [0.4, 0.5) is 0 Å². The lowest BCUT2D eigenvalue weighted by Gasteiger charge is -2.26. The first kappa shape index (κ1) is 22.3. The Hall–Kier alpha value is -3.55. The highest BCUT2D eigenvalue weighted by atomic mass is 35.5. The molecule has 2 aliphatic heterocycles. The van der Waals surface area contributed by atoms with Crippen molar-refractivity contribution in [2.75, 3.05) is 13.2 Å². The van der Waals surface area contributed by atoms with Crippen LogP contribution >= 0.6 is 23.2 Å². The van der Waals surface area contributed by atoms with Crippen LogP contribution in [0.5, 0.6) is 11.5 Å². The largest absolute Gasteiger partial charge is 0.507 e. The van der Waals surface area contributed by atoms with Gasteiger partial charge in [0, 0.05) is 34.5 Å². The highest BCUT2D eigenvalue weighted by molar-refractivity contribution is 6.47. The number of carbonyl (C=O) groups is 2. The van der Waals surface area contributed by atoms with E-state index in [0.717, 1.165) is 5.56 Å². The number of likely N-dealkylation sites (tertiary alicyclic amines) is 1. The van der Waals surface area contributed by atoms with Gasteiger partial charge in [0.1, 0.15) is 19.0 Å². The minimum Gasteiger partial charge on any atom is -0.507 e. The lowest BCUT2D eigenvalue weighted by Crippen LogP contribution is -2.29. The van der Waals surface area contributed by atoms with E-state index in [1.54, 1.807) is 54.9 Å². The number of hydrogen-bond acceptors (Lipinski definition) is 6. The molecule has 1 N–H and O–H groups in total. The summed E-state index contributed by atoms with van der Waals surface area (Å²) in [5.41, 5.74) is 1.43. The van der Waals surface area contributed by atoms with Gasteiger partial charge in [-0.3, -0.25) is 14.6 Å². The topological polar surface area (TPSA) is 89.0 Å². The zero-order chi connectivity index (χ0) is 23.8. The maximum Gasteiger partial charge on any atom is 0.295 e. The number of nitrogens with zero attached hydrogens (tertiary/aromatic N) is 2. The molecule has 2 aromatic carbocycles. The van der Waals surface area contributed by atoms with Crippen molar-refractivity contribution in [3.8, 4) is 11.5 Å². The van der Waals surface area contributed by atoms with Crippen molar-refractivity contribution in [1.29, 1.82) is 0 Å². The summed E-state index contributed by atoms with van der Waals surface area (Å²) in [5.74, 6) is -0.913. The van der Waals surface area contributed by atoms with E-state index in [9.17, 15) is 14.7 Å². The number of pyridine rings is 1. The Morgan fingerprint density at radius 2 is 1.85 bits per heavy atom. The van der Waals surface area contributed by atoms with Crippen LogP contribution in [0.3, 0.4) is 0 Å². The fourth-order valence-corrected chi connectivity index (χ4v) is 4.64. The number of ketones is 1. The number of ether oxygens (including phenoxy) is 2. The number of fused-ring (bicyclic) bond motifs is 1. The van der Waals surface area contributed by atoms with Gasteiger partial charge in [0.25, 0.3) is 11.7 Å². The van der Waals surface area contributed by atoms with E-state index < -0.39 is 17.7 Å². The molecule has 1 unspecified atom stereocenters. The summed E-state index contributed by atoms with van der Waals surface area (Å²) in [6.07, 6.45) is 3.23. The Morgan fingerprint density at radius 1 is 1.06 bits per heavy atom. The first-order chi connectivity index (χ1) is 16.4. The van der Waals surface area contributed by atoms with Gasteiger partial charge in [-0.05, 0) is 47.5 Å². The lowest BCUT2D eigenvalue weighted by molar-refractivity contribution is -0.140. The van der Waals surface area contributed by atoms with E-state index in [0.29, 0.717) is 40.9 Å². The molecule has 0 bridgehead atoms. The molecule has 3 heterocycles. The Bertz CT molecular complexity index is 1330. The highest BCUT2D eigenvalue weighted by Crippen LogP contribution is 2.44. The van der Waals surface area contributed by atoms with Gasteiger partial charge in [0.2, 0.25) is 0 Å². The van der Waals surface area contributed by atoms with Crippen LogP contribution in [0.1, 0.15) is 22.7 Å². The van der Waals surface area contributed by atoms with Crippen molar-refractivity contribution in [2.24, 2.45) is 0 Å². The van der Waals surface area contributed by atoms with Crippen LogP contribution in [-0.2, 0) is 16.1 Å². The zero-order valence-electron chi connectivity index (χ0n) is 17.7. The normalized spacial score (nSPS) is 18.9. The Kier molecular flexibility index (Phi) is 5.89. The fourth-order valence-electron chi connectivity index (χ4n) is 4.12. The SMILES string of the molecule is O=C1C(=O)N(Cc2cccnc2)C(c2ccc(Cl)cc2Cl)C1=C(O)c1ccc2c(c1)OCCO2. The molecule has 1 saturated heterocycles. The number of amides is 1. The van der Waals surface area contributed by atoms with Gasteiger partial charge in [-0.25, -0.2) is 0 Å². The lowest BCUT2D eigenvalue weighted by atomic mass is 9.95. The van der Waals surface area contributed by atoms with E-state index in [1.807, 2.05) is 0 Å². The Labute approximate surface area is 205 Å². The molecule has 3 aromatic rings. The van der Waals surface area contributed by atoms with Gasteiger partial charge in [-0.15, -0.1) is 0 Å². The Morgan fingerprint density at radius 3 is 2.59 bits per heavy atom. The molecule has 1 fully saturated rings. The van der Waals surface area contributed by atoms with E-state index in [-0.39, 0.29) is 22.9 Å². The van der Waals surface area contributed by atoms with E-state index in [4.69, 9.17) is 32.7 Å². The van der Waals surface area contributed by atoms with Gasteiger partial charge >= 0.3 is 0 Å².